The maximum Gasteiger partial charge on any atom is 0.229 e. The summed E-state index contributed by atoms with van der Waals surface area (Å²) in [5, 5.41) is 2.99. The quantitative estimate of drug-likeness (QED) is 0.860. The standard InChI is InChI=1S/C23H25N3O2/c27-22-15-18(16-26(22)21-9-1-2-10-21)23(28)25-20-8-5-6-17(14-20)11-12-19-7-3-4-13-24-19/h3-8,11-14,18,21H,1-2,9-10,15-16H2,(H,25,28)/b12-11+. The summed E-state index contributed by atoms with van der Waals surface area (Å²) in [5.41, 5.74) is 2.62. The molecule has 2 fully saturated rings. The molecule has 144 valence electrons. The highest BCUT2D eigenvalue weighted by atomic mass is 16.2. The van der Waals surface area contributed by atoms with Crippen molar-refractivity contribution >= 4 is 29.7 Å². The lowest BCUT2D eigenvalue weighted by Crippen LogP contribution is -2.35. The first-order valence-corrected chi connectivity index (χ1v) is 9.98. The van der Waals surface area contributed by atoms with Gasteiger partial charge in [-0.2, -0.15) is 0 Å². The molecule has 2 heterocycles. The Hall–Kier alpha value is -2.95. The molecular weight excluding hydrogens is 350 g/mol. The molecule has 2 aromatic rings. The second-order valence-corrected chi connectivity index (χ2v) is 7.59. The van der Waals surface area contributed by atoms with Crippen LogP contribution in [0.1, 0.15) is 43.4 Å². The van der Waals surface area contributed by atoms with Crippen LogP contribution in [0.15, 0.2) is 48.7 Å². The minimum absolute atomic E-state index is 0.0697. The number of hydrogen-bond acceptors (Lipinski definition) is 3. The number of amides is 2. The van der Waals surface area contributed by atoms with E-state index in [2.05, 4.69) is 10.3 Å². The van der Waals surface area contributed by atoms with Gasteiger partial charge in [0, 0.05) is 30.9 Å². The van der Waals surface area contributed by atoms with Gasteiger partial charge in [0.25, 0.3) is 0 Å². The Morgan fingerprint density at radius 3 is 2.75 bits per heavy atom. The molecule has 2 amide bonds. The predicted octanol–water partition coefficient (Wildman–Crippen LogP) is 3.98. The Morgan fingerprint density at radius 1 is 1.11 bits per heavy atom. The van der Waals surface area contributed by atoms with Crippen LogP contribution in [0, 0.1) is 5.92 Å². The molecule has 1 aromatic heterocycles. The summed E-state index contributed by atoms with van der Waals surface area (Å²) in [6, 6.07) is 13.8. The van der Waals surface area contributed by atoms with Crippen molar-refractivity contribution in [3.05, 3.63) is 59.9 Å². The van der Waals surface area contributed by atoms with Crippen molar-refractivity contribution in [2.75, 3.05) is 11.9 Å². The molecule has 1 aliphatic carbocycles. The highest BCUT2D eigenvalue weighted by Gasteiger charge is 2.38. The fourth-order valence-corrected chi connectivity index (χ4v) is 4.10. The van der Waals surface area contributed by atoms with Crippen molar-refractivity contribution in [1.82, 2.24) is 9.88 Å². The summed E-state index contributed by atoms with van der Waals surface area (Å²) < 4.78 is 0. The van der Waals surface area contributed by atoms with Gasteiger partial charge in [0.05, 0.1) is 11.6 Å². The third-order valence-electron chi connectivity index (χ3n) is 5.58. The lowest BCUT2D eigenvalue weighted by molar-refractivity contribution is -0.129. The molecule has 4 rings (SSSR count). The number of benzene rings is 1. The number of nitrogens with zero attached hydrogens (tertiary/aromatic N) is 2. The van der Waals surface area contributed by atoms with Gasteiger partial charge in [0.15, 0.2) is 0 Å². The van der Waals surface area contributed by atoms with E-state index in [1.807, 2.05) is 59.5 Å². The number of likely N-dealkylation sites (tertiary alicyclic amines) is 1. The lowest BCUT2D eigenvalue weighted by atomic mass is 10.1. The topological polar surface area (TPSA) is 62.3 Å². The van der Waals surface area contributed by atoms with Crippen LogP contribution in [0.25, 0.3) is 12.2 Å². The number of pyridine rings is 1. The molecule has 5 heteroatoms. The van der Waals surface area contributed by atoms with E-state index in [-0.39, 0.29) is 17.7 Å². The molecule has 1 saturated carbocycles. The number of anilines is 1. The molecule has 0 bridgehead atoms. The molecule has 1 aliphatic heterocycles. The van der Waals surface area contributed by atoms with Gasteiger partial charge in [-0.05, 0) is 48.7 Å². The molecule has 0 radical (unpaired) electrons. The van der Waals surface area contributed by atoms with Crippen molar-refractivity contribution in [3.8, 4) is 0 Å². The first-order valence-electron chi connectivity index (χ1n) is 9.98. The molecule has 1 aromatic carbocycles. The SMILES string of the molecule is O=C(Nc1cccc(/C=C/c2ccccn2)c1)C1CC(=O)N(C2CCCC2)C1. The van der Waals surface area contributed by atoms with E-state index in [1.165, 1.54) is 12.8 Å². The smallest absolute Gasteiger partial charge is 0.229 e. The zero-order chi connectivity index (χ0) is 19.3. The molecule has 0 spiro atoms. The Kier molecular flexibility index (Phi) is 5.51. The second kappa shape index (κ2) is 8.38. The summed E-state index contributed by atoms with van der Waals surface area (Å²) >= 11 is 0. The minimum atomic E-state index is -0.263. The second-order valence-electron chi connectivity index (χ2n) is 7.59. The molecular formula is C23H25N3O2. The Morgan fingerprint density at radius 2 is 1.96 bits per heavy atom. The molecule has 2 aliphatic rings. The van der Waals surface area contributed by atoms with Crippen molar-refractivity contribution < 1.29 is 9.59 Å². The first-order chi connectivity index (χ1) is 13.7. The summed E-state index contributed by atoms with van der Waals surface area (Å²) in [6.45, 7) is 0.550. The molecule has 1 atom stereocenters. The van der Waals surface area contributed by atoms with Gasteiger partial charge in [-0.15, -0.1) is 0 Å². The van der Waals surface area contributed by atoms with Crippen LogP contribution in [0.5, 0.6) is 0 Å². The van der Waals surface area contributed by atoms with Crippen molar-refractivity contribution in [2.45, 2.75) is 38.1 Å². The van der Waals surface area contributed by atoms with Crippen LogP contribution in [0.4, 0.5) is 5.69 Å². The van der Waals surface area contributed by atoms with Gasteiger partial charge in [-0.25, -0.2) is 0 Å². The average Bonchev–Trinajstić information content (AvgIpc) is 3.37. The minimum Gasteiger partial charge on any atom is -0.339 e. The molecule has 1 saturated heterocycles. The zero-order valence-electron chi connectivity index (χ0n) is 15.9. The predicted molar refractivity (Wildman–Crippen MR) is 110 cm³/mol. The maximum atomic E-state index is 12.7. The van der Waals surface area contributed by atoms with E-state index in [0.29, 0.717) is 19.0 Å². The number of hydrogen-bond donors (Lipinski definition) is 1. The third-order valence-corrected chi connectivity index (χ3v) is 5.58. The van der Waals surface area contributed by atoms with Crippen LogP contribution in [0.2, 0.25) is 0 Å². The fraction of sp³-hybridized carbons (Fsp3) is 0.348. The van der Waals surface area contributed by atoms with Crippen LogP contribution in [-0.4, -0.2) is 34.3 Å². The van der Waals surface area contributed by atoms with Gasteiger partial charge < -0.3 is 10.2 Å². The summed E-state index contributed by atoms with van der Waals surface area (Å²) in [7, 11) is 0. The number of carbonyl (C=O) groups is 2. The highest BCUT2D eigenvalue weighted by molar-refractivity contribution is 5.97. The van der Waals surface area contributed by atoms with E-state index in [0.717, 1.165) is 29.8 Å². The number of rotatable bonds is 5. The molecule has 1 unspecified atom stereocenters. The number of aromatic nitrogens is 1. The largest absolute Gasteiger partial charge is 0.339 e. The maximum absolute atomic E-state index is 12.7. The normalized spacial score (nSPS) is 20.2. The fourth-order valence-electron chi connectivity index (χ4n) is 4.10. The Labute approximate surface area is 165 Å². The van der Waals surface area contributed by atoms with Gasteiger partial charge in [0.1, 0.15) is 0 Å². The van der Waals surface area contributed by atoms with Crippen molar-refractivity contribution in [1.29, 1.82) is 0 Å². The van der Waals surface area contributed by atoms with Gasteiger partial charge >= 0.3 is 0 Å². The van der Waals surface area contributed by atoms with Crippen LogP contribution >= 0.6 is 0 Å². The molecule has 28 heavy (non-hydrogen) atoms. The van der Waals surface area contributed by atoms with Crippen molar-refractivity contribution in [3.63, 3.8) is 0 Å². The van der Waals surface area contributed by atoms with E-state index in [9.17, 15) is 9.59 Å². The van der Waals surface area contributed by atoms with Crippen LogP contribution < -0.4 is 5.32 Å². The summed E-state index contributed by atoms with van der Waals surface area (Å²) in [4.78, 5) is 31.2. The molecule has 1 N–H and O–H groups in total. The van der Waals surface area contributed by atoms with Crippen molar-refractivity contribution in [2.24, 2.45) is 5.92 Å². The molecule has 5 nitrogen and oxygen atoms in total. The van der Waals surface area contributed by atoms with Gasteiger partial charge in [-0.3, -0.25) is 14.6 Å². The average molecular weight is 375 g/mol. The van der Waals surface area contributed by atoms with E-state index in [1.54, 1.807) is 6.20 Å². The van der Waals surface area contributed by atoms with Crippen LogP contribution in [0.3, 0.4) is 0 Å². The summed E-state index contributed by atoms with van der Waals surface area (Å²) in [6.07, 6.45) is 10.5. The van der Waals surface area contributed by atoms with E-state index < -0.39 is 0 Å². The van der Waals surface area contributed by atoms with E-state index >= 15 is 0 Å². The van der Waals surface area contributed by atoms with Gasteiger partial charge in [0.2, 0.25) is 11.8 Å². The zero-order valence-corrected chi connectivity index (χ0v) is 15.9. The Bertz CT molecular complexity index is 872. The highest BCUT2D eigenvalue weighted by Crippen LogP contribution is 2.30. The van der Waals surface area contributed by atoms with Crippen LogP contribution in [-0.2, 0) is 9.59 Å². The lowest BCUT2D eigenvalue weighted by Gasteiger charge is -2.23. The number of carbonyl (C=O) groups excluding carboxylic acids is 2. The monoisotopic (exact) mass is 375 g/mol. The first kappa shape index (κ1) is 18.4. The number of nitrogens with one attached hydrogen (secondary N) is 1. The summed E-state index contributed by atoms with van der Waals surface area (Å²) in [5.74, 6) is -0.209. The van der Waals surface area contributed by atoms with E-state index in [4.69, 9.17) is 0 Å². The Balaban J connectivity index is 1.38. The van der Waals surface area contributed by atoms with Gasteiger partial charge in [-0.1, -0.05) is 37.1 Å². The third kappa shape index (κ3) is 4.30.